The maximum absolute atomic E-state index is 12.6. The highest BCUT2D eigenvalue weighted by Gasteiger charge is 2.18. The molecule has 0 radical (unpaired) electrons. The van der Waals surface area contributed by atoms with Crippen LogP contribution in [0.4, 0.5) is 0 Å². The van der Waals surface area contributed by atoms with Crippen LogP contribution in [0.2, 0.25) is 0 Å². The Morgan fingerprint density at radius 1 is 0.875 bits per heavy atom. The predicted octanol–water partition coefficient (Wildman–Crippen LogP) is 4.24. The Labute approximate surface area is 142 Å². The SMILES string of the molecule is CC(C)(C)OOCCC(=O)c1ccccc1C(=O)c1ccccc1. The second-order valence-electron chi connectivity index (χ2n) is 6.43. The van der Waals surface area contributed by atoms with Gasteiger partial charge in [-0.3, -0.25) is 9.59 Å². The third-order valence-electron chi connectivity index (χ3n) is 3.23. The maximum atomic E-state index is 12.6. The first-order valence-corrected chi connectivity index (χ1v) is 7.91. The van der Waals surface area contributed by atoms with Crippen molar-refractivity contribution >= 4 is 11.6 Å². The molecule has 2 rings (SSSR count). The number of Topliss-reactive ketones (excluding diaryl/α,β-unsaturated/α-hetero) is 1. The molecule has 2 aromatic carbocycles. The topological polar surface area (TPSA) is 52.6 Å². The molecule has 0 aliphatic heterocycles. The van der Waals surface area contributed by atoms with Gasteiger partial charge in [-0.25, -0.2) is 9.78 Å². The third-order valence-corrected chi connectivity index (χ3v) is 3.23. The summed E-state index contributed by atoms with van der Waals surface area (Å²) in [7, 11) is 0. The molecule has 0 amide bonds. The van der Waals surface area contributed by atoms with Gasteiger partial charge in [-0.2, -0.15) is 0 Å². The molecule has 0 fully saturated rings. The third kappa shape index (κ3) is 5.11. The molecule has 4 nitrogen and oxygen atoms in total. The van der Waals surface area contributed by atoms with Crippen LogP contribution in [-0.4, -0.2) is 23.8 Å². The van der Waals surface area contributed by atoms with Crippen molar-refractivity contribution in [3.05, 3.63) is 71.3 Å². The lowest BCUT2D eigenvalue weighted by Crippen LogP contribution is -2.20. The number of carbonyl (C=O) groups is 2. The highest BCUT2D eigenvalue weighted by molar-refractivity contribution is 6.15. The minimum atomic E-state index is -0.426. The van der Waals surface area contributed by atoms with Crippen molar-refractivity contribution in [3.8, 4) is 0 Å². The quantitative estimate of drug-likeness (QED) is 0.330. The van der Waals surface area contributed by atoms with Crippen LogP contribution in [-0.2, 0) is 9.78 Å². The summed E-state index contributed by atoms with van der Waals surface area (Å²) in [6.07, 6.45) is 0.148. The molecule has 126 valence electrons. The molecule has 0 N–H and O–H groups in total. The first-order chi connectivity index (χ1) is 11.4. The van der Waals surface area contributed by atoms with Gasteiger partial charge in [0.25, 0.3) is 0 Å². The lowest BCUT2D eigenvalue weighted by atomic mass is 9.95. The lowest BCUT2D eigenvalue weighted by molar-refractivity contribution is -0.347. The van der Waals surface area contributed by atoms with Crippen molar-refractivity contribution in [2.75, 3.05) is 6.61 Å². The first kappa shape index (κ1) is 18.0. The Morgan fingerprint density at radius 2 is 1.46 bits per heavy atom. The summed E-state index contributed by atoms with van der Waals surface area (Å²) in [5, 5.41) is 0. The van der Waals surface area contributed by atoms with Crippen molar-refractivity contribution in [1.29, 1.82) is 0 Å². The van der Waals surface area contributed by atoms with Crippen molar-refractivity contribution in [1.82, 2.24) is 0 Å². The monoisotopic (exact) mass is 326 g/mol. The fourth-order valence-electron chi connectivity index (χ4n) is 2.16. The number of carbonyl (C=O) groups excluding carboxylic acids is 2. The summed E-state index contributed by atoms with van der Waals surface area (Å²) in [6, 6.07) is 15.8. The standard InChI is InChI=1S/C20H22O4/c1-20(2,3)24-23-14-13-18(21)16-11-7-8-12-17(16)19(22)15-9-5-4-6-10-15/h4-12H,13-14H2,1-3H3. The average Bonchev–Trinajstić information content (AvgIpc) is 2.58. The summed E-state index contributed by atoms with van der Waals surface area (Å²) in [4.78, 5) is 35.3. The number of hydrogen-bond acceptors (Lipinski definition) is 4. The van der Waals surface area contributed by atoms with Gasteiger partial charge >= 0.3 is 0 Å². The summed E-state index contributed by atoms with van der Waals surface area (Å²) in [5.74, 6) is -0.307. The molecule has 2 aromatic rings. The van der Waals surface area contributed by atoms with E-state index in [0.29, 0.717) is 16.7 Å². The zero-order valence-electron chi connectivity index (χ0n) is 14.2. The van der Waals surface area contributed by atoms with Crippen LogP contribution in [0.15, 0.2) is 54.6 Å². The molecular formula is C20H22O4. The van der Waals surface area contributed by atoms with Gasteiger partial charge in [-0.1, -0.05) is 54.6 Å². The van der Waals surface area contributed by atoms with E-state index in [2.05, 4.69) is 0 Å². The zero-order valence-corrected chi connectivity index (χ0v) is 14.2. The number of ketones is 2. The van der Waals surface area contributed by atoms with E-state index >= 15 is 0 Å². The minimum absolute atomic E-state index is 0.143. The van der Waals surface area contributed by atoms with Crippen LogP contribution in [0.3, 0.4) is 0 Å². The lowest BCUT2D eigenvalue weighted by Gasteiger charge is -2.17. The fourth-order valence-corrected chi connectivity index (χ4v) is 2.16. The molecule has 0 atom stereocenters. The van der Waals surface area contributed by atoms with Crippen molar-refractivity contribution in [2.45, 2.75) is 32.8 Å². The molecule has 0 aliphatic carbocycles. The van der Waals surface area contributed by atoms with Crippen LogP contribution in [0.25, 0.3) is 0 Å². The van der Waals surface area contributed by atoms with Gasteiger partial charge in [0, 0.05) is 23.1 Å². The van der Waals surface area contributed by atoms with E-state index in [9.17, 15) is 9.59 Å². The van der Waals surface area contributed by atoms with E-state index in [4.69, 9.17) is 9.78 Å². The Balaban J connectivity index is 2.08. The van der Waals surface area contributed by atoms with Crippen molar-refractivity contribution < 1.29 is 19.4 Å². The summed E-state index contributed by atoms with van der Waals surface area (Å²) >= 11 is 0. The Morgan fingerprint density at radius 3 is 2.08 bits per heavy atom. The zero-order chi connectivity index (χ0) is 17.6. The van der Waals surface area contributed by atoms with Gasteiger partial charge in [0.1, 0.15) is 0 Å². The second kappa shape index (κ2) is 7.99. The molecule has 0 bridgehead atoms. The smallest absolute Gasteiger partial charge is 0.193 e. The summed E-state index contributed by atoms with van der Waals surface area (Å²) in [6.45, 7) is 5.73. The number of rotatable bonds is 7. The molecule has 0 unspecified atom stereocenters. The maximum Gasteiger partial charge on any atom is 0.193 e. The van der Waals surface area contributed by atoms with Gasteiger partial charge in [-0.05, 0) is 20.8 Å². The molecular weight excluding hydrogens is 304 g/mol. The largest absolute Gasteiger partial charge is 0.294 e. The molecule has 0 aromatic heterocycles. The normalized spacial score (nSPS) is 11.3. The van der Waals surface area contributed by atoms with Crippen LogP contribution in [0.5, 0.6) is 0 Å². The van der Waals surface area contributed by atoms with Gasteiger partial charge < -0.3 is 0 Å². The first-order valence-electron chi connectivity index (χ1n) is 7.91. The summed E-state index contributed by atoms with van der Waals surface area (Å²) < 4.78 is 0. The van der Waals surface area contributed by atoms with Gasteiger partial charge in [0.05, 0.1) is 12.2 Å². The van der Waals surface area contributed by atoms with E-state index in [1.165, 1.54) is 0 Å². The van der Waals surface area contributed by atoms with E-state index in [1.807, 2.05) is 26.8 Å². The Hall–Kier alpha value is -2.30. The highest BCUT2D eigenvalue weighted by Crippen LogP contribution is 2.17. The molecule has 0 aliphatic rings. The molecule has 0 saturated carbocycles. The predicted molar refractivity (Wildman–Crippen MR) is 92.1 cm³/mol. The molecule has 0 heterocycles. The molecule has 4 heteroatoms. The van der Waals surface area contributed by atoms with E-state index in [0.717, 1.165) is 0 Å². The Kier molecular flexibility index (Phi) is 6.01. The molecule has 24 heavy (non-hydrogen) atoms. The van der Waals surface area contributed by atoms with Gasteiger partial charge in [0.2, 0.25) is 0 Å². The highest BCUT2D eigenvalue weighted by atomic mass is 17.2. The Bertz CT molecular complexity index is 699. The fraction of sp³-hybridized carbons (Fsp3) is 0.300. The van der Waals surface area contributed by atoms with E-state index in [-0.39, 0.29) is 24.6 Å². The average molecular weight is 326 g/mol. The van der Waals surface area contributed by atoms with Crippen molar-refractivity contribution in [3.63, 3.8) is 0 Å². The minimum Gasteiger partial charge on any atom is -0.294 e. The molecule has 0 spiro atoms. The van der Waals surface area contributed by atoms with Crippen molar-refractivity contribution in [2.24, 2.45) is 0 Å². The van der Waals surface area contributed by atoms with E-state index in [1.54, 1.807) is 48.5 Å². The van der Waals surface area contributed by atoms with E-state index < -0.39 is 5.60 Å². The molecule has 0 saturated heterocycles. The van der Waals surface area contributed by atoms with Crippen LogP contribution in [0, 0.1) is 0 Å². The van der Waals surface area contributed by atoms with Gasteiger partial charge in [0.15, 0.2) is 11.6 Å². The van der Waals surface area contributed by atoms with Crippen LogP contribution < -0.4 is 0 Å². The van der Waals surface area contributed by atoms with Crippen LogP contribution >= 0.6 is 0 Å². The summed E-state index contributed by atoms with van der Waals surface area (Å²) in [5.41, 5.74) is 0.950. The van der Waals surface area contributed by atoms with Crippen LogP contribution in [0.1, 0.15) is 53.5 Å². The number of benzene rings is 2. The van der Waals surface area contributed by atoms with Gasteiger partial charge in [-0.15, -0.1) is 0 Å². The number of hydrogen-bond donors (Lipinski definition) is 0. The second-order valence-corrected chi connectivity index (χ2v) is 6.43.